The second-order valence-electron chi connectivity index (χ2n) is 7.56. The number of amides is 1. The standard InChI is InChI=1S/C21H22N6O2/c1-22-21-23-11-15-18(24-21)26-9-4-6-14(26)12-27(19(15)28)16-7-3-5-13-8-10-25(2)20(29)17(13)16/h3,5,7-8,10-11,14H,4,6,9,12H2,1-2H3,(H,22,23,24)/t14-/m0/s1. The van der Waals surface area contributed by atoms with E-state index in [4.69, 9.17) is 0 Å². The van der Waals surface area contributed by atoms with Gasteiger partial charge in [0.1, 0.15) is 11.4 Å². The van der Waals surface area contributed by atoms with Gasteiger partial charge in [-0.05, 0) is 30.4 Å². The van der Waals surface area contributed by atoms with Crippen LogP contribution in [0.3, 0.4) is 0 Å². The van der Waals surface area contributed by atoms with Crippen LogP contribution < -0.4 is 20.7 Å². The second kappa shape index (κ2) is 6.58. The fourth-order valence-electron chi connectivity index (χ4n) is 4.40. The van der Waals surface area contributed by atoms with Crippen molar-refractivity contribution >= 4 is 34.1 Å². The minimum atomic E-state index is -0.171. The fraction of sp³-hybridized carbons (Fsp3) is 0.333. The molecule has 0 unspecified atom stereocenters. The summed E-state index contributed by atoms with van der Waals surface area (Å²) in [5.41, 5.74) is 1.00. The molecule has 0 spiro atoms. The van der Waals surface area contributed by atoms with Crippen LogP contribution in [-0.4, -0.2) is 46.6 Å². The lowest BCUT2D eigenvalue weighted by Crippen LogP contribution is -2.40. The van der Waals surface area contributed by atoms with E-state index in [9.17, 15) is 9.59 Å². The molecule has 2 aromatic heterocycles. The third-order valence-corrected chi connectivity index (χ3v) is 5.89. The summed E-state index contributed by atoms with van der Waals surface area (Å²) in [4.78, 5) is 39.3. The third kappa shape index (κ3) is 2.66. The summed E-state index contributed by atoms with van der Waals surface area (Å²) in [7, 11) is 3.49. The van der Waals surface area contributed by atoms with Crippen LogP contribution in [0.2, 0.25) is 0 Å². The first-order valence-corrected chi connectivity index (χ1v) is 9.80. The van der Waals surface area contributed by atoms with Gasteiger partial charge in [-0.3, -0.25) is 9.59 Å². The average molecular weight is 390 g/mol. The Hall–Kier alpha value is -3.42. The van der Waals surface area contributed by atoms with Gasteiger partial charge in [0.25, 0.3) is 11.5 Å². The van der Waals surface area contributed by atoms with Crippen LogP contribution in [0, 0.1) is 0 Å². The van der Waals surface area contributed by atoms with E-state index in [-0.39, 0.29) is 17.5 Å². The summed E-state index contributed by atoms with van der Waals surface area (Å²) in [6.45, 7) is 1.37. The van der Waals surface area contributed by atoms with E-state index >= 15 is 0 Å². The van der Waals surface area contributed by atoms with Crippen LogP contribution in [0.4, 0.5) is 17.5 Å². The molecule has 1 saturated heterocycles. The molecule has 4 heterocycles. The number of benzene rings is 1. The largest absolute Gasteiger partial charge is 0.357 e. The Morgan fingerprint density at radius 3 is 2.90 bits per heavy atom. The predicted octanol–water partition coefficient (Wildman–Crippen LogP) is 2.00. The number of hydrogen-bond donors (Lipinski definition) is 1. The molecule has 148 valence electrons. The lowest BCUT2D eigenvalue weighted by atomic mass is 10.1. The number of pyridine rings is 1. The molecule has 0 radical (unpaired) electrons. The summed E-state index contributed by atoms with van der Waals surface area (Å²) < 4.78 is 1.55. The van der Waals surface area contributed by atoms with Gasteiger partial charge < -0.3 is 19.7 Å². The molecule has 0 bridgehead atoms. The number of aryl methyl sites for hydroxylation is 1. The predicted molar refractivity (Wildman–Crippen MR) is 113 cm³/mol. The van der Waals surface area contributed by atoms with Gasteiger partial charge in [0.05, 0.1) is 11.1 Å². The van der Waals surface area contributed by atoms with Crippen molar-refractivity contribution in [1.82, 2.24) is 14.5 Å². The molecule has 3 aromatic rings. The number of aromatic nitrogens is 3. The Morgan fingerprint density at radius 1 is 1.21 bits per heavy atom. The van der Waals surface area contributed by atoms with Crippen molar-refractivity contribution in [3.05, 3.63) is 52.6 Å². The highest BCUT2D eigenvalue weighted by Crippen LogP contribution is 2.35. The number of rotatable bonds is 2. The molecule has 1 aromatic carbocycles. The van der Waals surface area contributed by atoms with Crippen molar-refractivity contribution in [2.24, 2.45) is 7.05 Å². The molecule has 1 N–H and O–H groups in total. The fourth-order valence-corrected chi connectivity index (χ4v) is 4.40. The van der Waals surface area contributed by atoms with Gasteiger partial charge >= 0.3 is 0 Å². The van der Waals surface area contributed by atoms with Crippen molar-refractivity contribution in [2.45, 2.75) is 18.9 Å². The summed E-state index contributed by atoms with van der Waals surface area (Å²) in [6.07, 6.45) is 5.36. The number of nitrogens with zero attached hydrogens (tertiary/aromatic N) is 5. The molecule has 1 amide bonds. The van der Waals surface area contributed by atoms with Crippen LogP contribution in [0.25, 0.3) is 10.8 Å². The number of anilines is 3. The highest BCUT2D eigenvalue weighted by Gasteiger charge is 2.38. The quantitative estimate of drug-likeness (QED) is 0.721. The topological polar surface area (TPSA) is 83.4 Å². The average Bonchev–Trinajstić information content (AvgIpc) is 3.17. The lowest BCUT2D eigenvalue weighted by molar-refractivity contribution is 0.0988. The Kier molecular flexibility index (Phi) is 4.01. The molecule has 8 nitrogen and oxygen atoms in total. The lowest BCUT2D eigenvalue weighted by Gasteiger charge is -2.27. The van der Waals surface area contributed by atoms with Gasteiger partial charge in [-0.25, -0.2) is 4.98 Å². The normalized spacial score (nSPS) is 18.6. The first-order valence-electron chi connectivity index (χ1n) is 9.80. The van der Waals surface area contributed by atoms with E-state index in [1.165, 1.54) is 0 Å². The maximum atomic E-state index is 13.6. The molecule has 2 aliphatic heterocycles. The Balaban J connectivity index is 1.73. The summed E-state index contributed by atoms with van der Waals surface area (Å²) >= 11 is 0. The third-order valence-electron chi connectivity index (χ3n) is 5.89. The maximum absolute atomic E-state index is 13.6. The SMILES string of the molecule is CNc1ncc2c(n1)N1CCC[C@H]1CN(c1cccc3ccn(C)c(=O)c13)C2=O. The van der Waals surface area contributed by atoms with E-state index in [0.717, 1.165) is 24.8 Å². The van der Waals surface area contributed by atoms with Crippen LogP contribution in [0.15, 0.2) is 41.5 Å². The molecule has 0 aliphatic carbocycles. The first kappa shape index (κ1) is 17.7. The van der Waals surface area contributed by atoms with Crippen LogP contribution >= 0.6 is 0 Å². The van der Waals surface area contributed by atoms with Crippen molar-refractivity contribution in [2.75, 3.05) is 35.3 Å². The van der Waals surface area contributed by atoms with Crippen molar-refractivity contribution < 1.29 is 4.79 Å². The van der Waals surface area contributed by atoms with E-state index in [1.54, 1.807) is 36.0 Å². The highest BCUT2D eigenvalue weighted by molar-refractivity contribution is 6.13. The molecule has 1 atom stereocenters. The molecule has 8 heteroatoms. The van der Waals surface area contributed by atoms with Crippen molar-refractivity contribution in [1.29, 1.82) is 0 Å². The first-order chi connectivity index (χ1) is 14.1. The maximum Gasteiger partial charge on any atom is 0.263 e. The number of fused-ring (bicyclic) bond motifs is 4. The number of carbonyl (C=O) groups is 1. The molecule has 0 saturated carbocycles. The highest BCUT2D eigenvalue weighted by atomic mass is 16.2. The van der Waals surface area contributed by atoms with Crippen LogP contribution in [0.5, 0.6) is 0 Å². The minimum Gasteiger partial charge on any atom is -0.357 e. The van der Waals surface area contributed by atoms with Crippen molar-refractivity contribution in [3.63, 3.8) is 0 Å². The Bertz CT molecular complexity index is 1190. The minimum absolute atomic E-state index is 0.111. The second-order valence-corrected chi connectivity index (χ2v) is 7.56. The van der Waals surface area contributed by atoms with E-state index in [2.05, 4.69) is 20.2 Å². The van der Waals surface area contributed by atoms with Gasteiger partial charge in [-0.2, -0.15) is 4.98 Å². The van der Waals surface area contributed by atoms with Gasteiger partial charge in [0.15, 0.2) is 0 Å². The number of carbonyl (C=O) groups excluding carboxylic acids is 1. The molecular formula is C21H22N6O2. The molecule has 2 aliphatic rings. The molecule has 29 heavy (non-hydrogen) atoms. The monoisotopic (exact) mass is 390 g/mol. The van der Waals surface area contributed by atoms with E-state index in [1.807, 2.05) is 24.3 Å². The Morgan fingerprint density at radius 2 is 2.07 bits per heavy atom. The molecular weight excluding hydrogens is 368 g/mol. The molecule has 5 rings (SSSR count). The van der Waals surface area contributed by atoms with Gasteiger partial charge in [-0.1, -0.05) is 12.1 Å². The van der Waals surface area contributed by atoms with Gasteiger partial charge in [0.2, 0.25) is 5.95 Å². The zero-order chi connectivity index (χ0) is 20.1. The zero-order valence-corrected chi connectivity index (χ0v) is 16.4. The zero-order valence-electron chi connectivity index (χ0n) is 16.4. The Labute approximate surface area is 167 Å². The number of nitrogens with one attached hydrogen (secondary N) is 1. The van der Waals surface area contributed by atoms with Crippen molar-refractivity contribution in [3.8, 4) is 0 Å². The van der Waals surface area contributed by atoms with Crippen LogP contribution in [-0.2, 0) is 7.05 Å². The summed E-state index contributed by atoms with van der Waals surface area (Å²) in [6, 6.07) is 7.71. The summed E-state index contributed by atoms with van der Waals surface area (Å²) in [5, 5.41) is 4.34. The molecule has 1 fully saturated rings. The van der Waals surface area contributed by atoms with Gasteiger partial charge in [-0.15, -0.1) is 0 Å². The van der Waals surface area contributed by atoms with E-state index < -0.39 is 0 Å². The number of hydrogen-bond acceptors (Lipinski definition) is 6. The summed E-state index contributed by atoms with van der Waals surface area (Å²) in [5.74, 6) is 0.998. The smallest absolute Gasteiger partial charge is 0.263 e. The van der Waals surface area contributed by atoms with Crippen LogP contribution in [0.1, 0.15) is 23.2 Å². The van der Waals surface area contributed by atoms with E-state index in [0.29, 0.717) is 34.9 Å². The van der Waals surface area contributed by atoms with Gasteiger partial charge in [0, 0.05) is 45.6 Å².